The lowest BCUT2D eigenvalue weighted by atomic mass is 9.80. The normalized spacial score (nSPS) is 11.6. The molecule has 0 fully saturated rings. The molecule has 0 saturated heterocycles. The van der Waals surface area contributed by atoms with Gasteiger partial charge in [-0.05, 0) is 30.8 Å². The molecule has 1 aromatic carbocycles. The molecule has 0 aliphatic rings. The highest BCUT2D eigenvalue weighted by atomic mass is 16.4. The van der Waals surface area contributed by atoms with E-state index in [1.54, 1.807) is 12.1 Å². The SMILES string of the molecule is CC(C)CN(Cc1ccc(B(O)O)cc1)C(C)C. The van der Waals surface area contributed by atoms with E-state index in [1.165, 1.54) is 5.56 Å². The zero-order chi connectivity index (χ0) is 13.7. The molecule has 0 aliphatic carbocycles. The summed E-state index contributed by atoms with van der Waals surface area (Å²) in [5.74, 6) is 0.644. The molecule has 0 radical (unpaired) electrons. The molecule has 0 saturated carbocycles. The Morgan fingerprint density at radius 2 is 1.61 bits per heavy atom. The molecule has 0 spiro atoms. The molecule has 0 atom stereocenters. The van der Waals surface area contributed by atoms with Crippen LogP contribution in [0, 0.1) is 5.92 Å². The first-order valence-corrected chi connectivity index (χ1v) is 6.59. The third kappa shape index (κ3) is 4.80. The molecule has 0 unspecified atom stereocenters. The van der Waals surface area contributed by atoms with Crippen LogP contribution < -0.4 is 5.46 Å². The van der Waals surface area contributed by atoms with Crippen molar-refractivity contribution in [3.8, 4) is 0 Å². The Labute approximate surface area is 111 Å². The zero-order valence-corrected chi connectivity index (χ0v) is 11.8. The third-order valence-electron chi connectivity index (χ3n) is 2.99. The van der Waals surface area contributed by atoms with Gasteiger partial charge in [0.1, 0.15) is 0 Å². The van der Waals surface area contributed by atoms with Gasteiger partial charge in [0.05, 0.1) is 0 Å². The number of benzene rings is 1. The molecule has 0 aliphatic heterocycles. The van der Waals surface area contributed by atoms with Crippen LogP contribution in [0.3, 0.4) is 0 Å². The van der Waals surface area contributed by atoms with E-state index >= 15 is 0 Å². The molecule has 18 heavy (non-hydrogen) atoms. The zero-order valence-electron chi connectivity index (χ0n) is 11.8. The van der Waals surface area contributed by atoms with Gasteiger partial charge in [-0.1, -0.05) is 38.1 Å². The first-order valence-electron chi connectivity index (χ1n) is 6.59. The van der Waals surface area contributed by atoms with Gasteiger partial charge in [-0.2, -0.15) is 0 Å². The topological polar surface area (TPSA) is 43.7 Å². The summed E-state index contributed by atoms with van der Waals surface area (Å²) in [6, 6.07) is 7.98. The Balaban J connectivity index is 2.69. The summed E-state index contributed by atoms with van der Waals surface area (Å²) in [5.41, 5.74) is 1.74. The molecule has 0 heterocycles. The molecule has 2 N–H and O–H groups in total. The number of rotatable bonds is 6. The van der Waals surface area contributed by atoms with Crippen molar-refractivity contribution in [2.75, 3.05) is 6.54 Å². The lowest BCUT2D eigenvalue weighted by molar-refractivity contribution is 0.189. The summed E-state index contributed by atoms with van der Waals surface area (Å²) in [4.78, 5) is 2.43. The summed E-state index contributed by atoms with van der Waals surface area (Å²) < 4.78 is 0. The summed E-state index contributed by atoms with van der Waals surface area (Å²) in [7, 11) is -1.38. The Morgan fingerprint density at radius 1 is 1.06 bits per heavy atom. The third-order valence-corrected chi connectivity index (χ3v) is 2.99. The van der Waals surface area contributed by atoms with Gasteiger partial charge in [0.15, 0.2) is 0 Å². The van der Waals surface area contributed by atoms with E-state index in [1.807, 2.05) is 12.1 Å². The quantitative estimate of drug-likeness (QED) is 0.745. The summed E-state index contributed by atoms with van der Waals surface area (Å²) in [6.45, 7) is 10.8. The van der Waals surface area contributed by atoms with Gasteiger partial charge in [0.2, 0.25) is 0 Å². The summed E-state index contributed by atoms with van der Waals surface area (Å²) in [5, 5.41) is 18.1. The van der Waals surface area contributed by atoms with Gasteiger partial charge in [-0.15, -0.1) is 0 Å². The Hall–Kier alpha value is -0.835. The maximum absolute atomic E-state index is 9.05. The Bertz CT molecular complexity index is 349. The van der Waals surface area contributed by atoms with Gasteiger partial charge in [-0.3, -0.25) is 4.90 Å². The summed E-state index contributed by atoms with van der Waals surface area (Å²) >= 11 is 0. The second-order valence-electron chi connectivity index (χ2n) is 5.53. The molecular weight excluding hydrogens is 225 g/mol. The Kier molecular flexibility index (Phi) is 5.86. The molecule has 100 valence electrons. The molecule has 4 heteroatoms. The second-order valence-corrected chi connectivity index (χ2v) is 5.53. The average Bonchev–Trinajstić information content (AvgIpc) is 2.28. The highest BCUT2D eigenvalue weighted by Gasteiger charge is 2.13. The van der Waals surface area contributed by atoms with Crippen LogP contribution in [-0.4, -0.2) is 34.7 Å². The van der Waals surface area contributed by atoms with Crippen LogP contribution >= 0.6 is 0 Å². The van der Waals surface area contributed by atoms with Crippen LogP contribution in [0.2, 0.25) is 0 Å². The van der Waals surface area contributed by atoms with E-state index in [-0.39, 0.29) is 0 Å². The van der Waals surface area contributed by atoms with Crippen LogP contribution in [0.25, 0.3) is 0 Å². The Morgan fingerprint density at radius 3 is 2.00 bits per heavy atom. The standard InChI is InChI=1S/C14H24BNO2/c1-11(2)9-16(12(3)4)10-13-5-7-14(8-6-13)15(17)18/h5-8,11-12,17-18H,9-10H2,1-4H3. The largest absolute Gasteiger partial charge is 0.488 e. The monoisotopic (exact) mass is 249 g/mol. The van der Waals surface area contributed by atoms with Crippen molar-refractivity contribution in [3.63, 3.8) is 0 Å². The number of hydrogen-bond acceptors (Lipinski definition) is 3. The van der Waals surface area contributed by atoms with Crippen molar-refractivity contribution < 1.29 is 10.0 Å². The highest BCUT2D eigenvalue weighted by Crippen LogP contribution is 2.10. The maximum Gasteiger partial charge on any atom is 0.488 e. The number of nitrogens with zero attached hydrogens (tertiary/aromatic N) is 1. The van der Waals surface area contributed by atoms with Crippen molar-refractivity contribution in [2.24, 2.45) is 5.92 Å². The minimum atomic E-state index is -1.38. The van der Waals surface area contributed by atoms with E-state index in [9.17, 15) is 0 Å². The van der Waals surface area contributed by atoms with Gasteiger partial charge < -0.3 is 10.0 Å². The minimum Gasteiger partial charge on any atom is -0.423 e. The fourth-order valence-corrected chi connectivity index (χ4v) is 1.96. The van der Waals surface area contributed by atoms with E-state index in [2.05, 4.69) is 32.6 Å². The molecule has 1 rings (SSSR count). The van der Waals surface area contributed by atoms with Crippen LogP contribution in [0.4, 0.5) is 0 Å². The van der Waals surface area contributed by atoms with Crippen molar-refractivity contribution in [1.82, 2.24) is 4.90 Å². The van der Waals surface area contributed by atoms with Crippen molar-refractivity contribution in [1.29, 1.82) is 0 Å². The van der Waals surface area contributed by atoms with Crippen LogP contribution in [0.1, 0.15) is 33.3 Å². The maximum atomic E-state index is 9.05. The van der Waals surface area contributed by atoms with Crippen LogP contribution in [-0.2, 0) is 6.54 Å². The molecule has 0 amide bonds. The van der Waals surface area contributed by atoms with Gasteiger partial charge in [-0.25, -0.2) is 0 Å². The van der Waals surface area contributed by atoms with E-state index < -0.39 is 7.12 Å². The molecule has 1 aromatic rings. The van der Waals surface area contributed by atoms with Crippen molar-refractivity contribution in [2.45, 2.75) is 40.3 Å². The minimum absolute atomic E-state index is 0.510. The van der Waals surface area contributed by atoms with Crippen molar-refractivity contribution >= 4 is 12.6 Å². The molecule has 0 aromatic heterocycles. The van der Waals surface area contributed by atoms with Gasteiger partial charge >= 0.3 is 7.12 Å². The van der Waals surface area contributed by atoms with E-state index in [4.69, 9.17) is 10.0 Å². The van der Waals surface area contributed by atoms with E-state index in [0.717, 1.165) is 13.1 Å². The van der Waals surface area contributed by atoms with Gasteiger partial charge in [0.25, 0.3) is 0 Å². The first-order chi connectivity index (χ1) is 8.40. The van der Waals surface area contributed by atoms with Crippen LogP contribution in [0.15, 0.2) is 24.3 Å². The smallest absolute Gasteiger partial charge is 0.423 e. The predicted octanol–water partition coefficient (Wildman–Crippen LogP) is 1.23. The van der Waals surface area contributed by atoms with Crippen LogP contribution in [0.5, 0.6) is 0 Å². The fraction of sp³-hybridized carbons (Fsp3) is 0.571. The average molecular weight is 249 g/mol. The first kappa shape index (κ1) is 15.2. The molecular formula is C14H24BNO2. The molecule has 3 nitrogen and oxygen atoms in total. The number of hydrogen-bond donors (Lipinski definition) is 2. The highest BCUT2D eigenvalue weighted by molar-refractivity contribution is 6.58. The summed E-state index contributed by atoms with van der Waals surface area (Å²) in [6.07, 6.45) is 0. The predicted molar refractivity (Wildman–Crippen MR) is 76.7 cm³/mol. The fourth-order valence-electron chi connectivity index (χ4n) is 1.96. The van der Waals surface area contributed by atoms with Crippen molar-refractivity contribution in [3.05, 3.63) is 29.8 Å². The van der Waals surface area contributed by atoms with Gasteiger partial charge in [0, 0.05) is 19.1 Å². The lowest BCUT2D eigenvalue weighted by Crippen LogP contribution is -2.34. The second kappa shape index (κ2) is 6.93. The lowest BCUT2D eigenvalue weighted by Gasteiger charge is -2.28. The van der Waals surface area contributed by atoms with E-state index in [0.29, 0.717) is 17.4 Å². The molecule has 0 bridgehead atoms.